The summed E-state index contributed by atoms with van der Waals surface area (Å²) >= 11 is 3.16. The summed E-state index contributed by atoms with van der Waals surface area (Å²) in [6, 6.07) is 11.5. The maximum absolute atomic E-state index is 13.2. The molecule has 2 N–H and O–H groups in total. The molecule has 0 atom stereocenters. The zero-order valence-corrected chi connectivity index (χ0v) is 15.0. The minimum atomic E-state index is -0.297. The molecule has 24 heavy (non-hydrogen) atoms. The SMILES string of the molecule is CCN(Cc1ccc(O)cc1)C(=O)NCCc1ccc(F)c(Br)c1. The average Bonchev–Trinajstić information content (AvgIpc) is 2.57. The molecule has 0 bridgehead atoms. The van der Waals surface area contributed by atoms with E-state index in [1.54, 1.807) is 41.3 Å². The Bertz CT molecular complexity index is 692. The fourth-order valence-corrected chi connectivity index (χ4v) is 2.70. The third-order valence-electron chi connectivity index (χ3n) is 3.65. The number of nitrogens with zero attached hydrogens (tertiary/aromatic N) is 1. The molecule has 0 saturated heterocycles. The number of hydrogen-bond acceptors (Lipinski definition) is 2. The lowest BCUT2D eigenvalue weighted by Crippen LogP contribution is -2.40. The Balaban J connectivity index is 1.85. The second-order valence-electron chi connectivity index (χ2n) is 5.41. The van der Waals surface area contributed by atoms with E-state index in [0.717, 1.165) is 11.1 Å². The lowest BCUT2D eigenvalue weighted by Gasteiger charge is -2.21. The zero-order valence-electron chi connectivity index (χ0n) is 13.4. The lowest BCUT2D eigenvalue weighted by molar-refractivity contribution is 0.198. The highest BCUT2D eigenvalue weighted by Crippen LogP contribution is 2.17. The average molecular weight is 395 g/mol. The van der Waals surface area contributed by atoms with E-state index in [4.69, 9.17) is 0 Å². The number of carbonyl (C=O) groups excluding carboxylic acids is 1. The van der Waals surface area contributed by atoms with Crippen molar-refractivity contribution >= 4 is 22.0 Å². The molecule has 0 radical (unpaired) electrons. The van der Waals surface area contributed by atoms with Gasteiger partial charge in [-0.15, -0.1) is 0 Å². The maximum Gasteiger partial charge on any atom is 0.317 e. The number of aromatic hydroxyl groups is 1. The molecule has 2 aromatic rings. The molecule has 0 spiro atoms. The first-order valence-electron chi connectivity index (χ1n) is 7.74. The highest BCUT2D eigenvalue weighted by molar-refractivity contribution is 9.10. The van der Waals surface area contributed by atoms with Gasteiger partial charge in [0.2, 0.25) is 0 Å². The van der Waals surface area contributed by atoms with Gasteiger partial charge in [0.25, 0.3) is 0 Å². The van der Waals surface area contributed by atoms with Crippen LogP contribution >= 0.6 is 15.9 Å². The van der Waals surface area contributed by atoms with Gasteiger partial charge >= 0.3 is 6.03 Å². The fraction of sp³-hybridized carbons (Fsp3) is 0.278. The standard InChI is InChI=1S/C18H20BrFN2O2/c1-2-22(12-14-3-6-15(23)7-4-14)18(24)21-10-9-13-5-8-17(20)16(19)11-13/h3-8,11,23H,2,9-10,12H2,1H3,(H,21,24). The number of phenols is 1. The number of hydrogen-bond donors (Lipinski definition) is 2. The molecule has 0 unspecified atom stereocenters. The minimum Gasteiger partial charge on any atom is -0.508 e. The first-order valence-corrected chi connectivity index (χ1v) is 8.53. The van der Waals surface area contributed by atoms with Gasteiger partial charge < -0.3 is 15.3 Å². The van der Waals surface area contributed by atoms with Gasteiger partial charge in [-0.2, -0.15) is 0 Å². The molecule has 2 rings (SSSR count). The van der Waals surface area contributed by atoms with Crippen LogP contribution in [0.3, 0.4) is 0 Å². The van der Waals surface area contributed by atoms with Crippen molar-refractivity contribution < 1.29 is 14.3 Å². The Labute approximate surface area is 149 Å². The minimum absolute atomic E-state index is 0.147. The van der Waals surface area contributed by atoms with Crippen molar-refractivity contribution in [2.75, 3.05) is 13.1 Å². The molecule has 2 aromatic carbocycles. The van der Waals surface area contributed by atoms with Crippen LogP contribution in [0.1, 0.15) is 18.1 Å². The van der Waals surface area contributed by atoms with Crippen LogP contribution in [0.4, 0.5) is 9.18 Å². The second-order valence-corrected chi connectivity index (χ2v) is 6.27. The molecule has 0 aliphatic heterocycles. The molecule has 0 fully saturated rings. The number of nitrogens with one attached hydrogen (secondary N) is 1. The third-order valence-corrected chi connectivity index (χ3v) is 4.26. The second kappa shape index (κ2) is 8.68. The number of amides is 2. The number of rotatable bonds is 6. The van der Waals surface area contributed by atoms with Gasteiger partial charge in [-0.3, -0.25) is 0 Å². The third kappa shape index (κ3) is 5.23. The largest absolute Gasteiger partial charge is 0.508 e. The van der Waals surface area contributed by atoms with Crippen molar-refractivity contribution in [3.8, 4) is 5.75 Å². The molecule has 128 valence electrons. The Hall–Kier alpha value is -2.08. The first-order chi connectivity index (χ1) is 11.5. The van der Waals surface area contributed by atoms with Crippen LogP contribution in [-0.2, 0) is 13.0 Å². The van der Waals surface area contributed by atoms with Crippen LogP contribution in [0, 0.1) is 5.82 Å². The van der Waals surface area contributed by atoms with Crippen LogP contribution in [0.15, 0.2) is 46.9 Å². The summed E-state index contributed by atoms with van der Waals surface area (Å²) in [5.74, 6) is -0.0921. The van der Waals surface area contributed by atoms with Crippen LogP contribution in [0.2, 0.25) is 0 Å². The Morgan fingerprint density at radius 3 is 2.50 bits per heavy atom. The smallest absolute Gasteiger partial charge is 0.317 e. The predicted molar refractivity (Wildman–Crippen MR) is 95.4 cm³/mol. The summed E-state index contributed by atoms with van der Waals surface area (Å²) in [5, 5.41) is 12.2. The van der Waals surface area contributed by atoms with Crippen LogP contribution in [0.5, 0.6) is 5.75 Å². The Morgan fingerprint density at radius 2 is 1.88 bits per heavy atom. The number of benzene rings is 2. The highest BCUT2D eigenvalue weighted by atomic mass is 79.9. The maximum atomic E-state index is 13.2. The number of urea groups is 1. The number of halogens is 2. The van der Waals surface area contributed by atoms with E-state index >= 15 is 0 Å². The van der Waals surface area contributed by atoms with Crippen LogP contribution in [0.25, 0.3) is 0 Å². The van der Waals surface area contributed by atoms with E-state index < -0.39 is 0 Å². The molecule has 6 heteroatoms. The van der Waals surface area contributed by atoms with E-state index in [1.807, 2.05) is 6.92 Å². The van der Waals surface area contributed by atoms with Gasteiger partial charge in [0, 0.05) is 19.6 Å². The summed E-state index contributed by atoms with van der Waals surface area (Å²) in [5.41, 5.74) is 1.90. The van der Waals surface area contributed by atoms with Gasteiger partial charge in [0.05, 0.1) is 4.47 Å². The van der Waals surface area contributed by atoms with Crippen molar-refractivity contribution in [3.63, 3.8) is 0 Å². The van der Waals surface area contributed by atoms with Crippen molar-refractivity contribution in [3.05, 3.63) is 63.9 Å². The van der Waals surface area contributed by atoms with E-state index in [-0.39, 0.29) is 17.6 Å². The highest BCUT2D eigenvalue weighted by Gasteiger charge is 2.11. The zero-order chi connectivity index (χ0) is 17.5. The predicted octanol–water partition coefficient (Wildman–Crippen LogP) is 4.07. The van der Waals surface area contributed by atoms with Crippen molar-refractivity contribution in [1.29, 1.82) is 0 Å². The van der Waals surface area contributed by atoms with Gasteiger partial charge in [-0.1, -0.05) is 18.2 Å². The van der Waals surface area contributed by atoms with Crippen LogP contribution in [-0.4, -0.2) is 29.1 Å². The fourth-order valence-electron chi connectivity index (χ4n) is 2.27. The van der Waals surface area contributed by atoms with E-state index in [9.17, 15) is 14.3 Å². The number of carbonyl (C=O) groups is 1. The van der Waals surface area contributed by atoms with Gasteiger partial charge in [-0.25, -0.2) is 9.18 Å². The Kier molecular flexibility index (Phi) is 6.61. The summed E-state index contributed by atoms with van der Waals surface area (Å²) < 4.78 is 13.6. The van der Waals surface area contributed by atoms with Crippen molar-refractivity contribution in [1.82, 2.24) is 10.2 Å². The van der Waals surface area contributed by atoms with Gasteiger partial charge in [-0.05, 0) is 64.7 Å². The Morgan fingerprint density at radius 1 is 1.21 bits per heavy atom. The molecular weight excluding hydrogens is 375 g/mol. The molecule has 0 saturated carbocycles. The van der Waals surface area contributed by atoms with E-state index in [0.29, 0.717) is 30.5 Å². The van der Waals surface area contributed by atoms with E-state index in [1.165, 1.54) is 6.07 Å². The van der Waals surface area contributed by atoms with Gasteiger partial charge in [0.15, 0.2) is 0 Å². The van der Waals surface area contributed by atoms with Crippen molar-refractivity contribution in [2.24, 2.45) is 0 Å². The topological polar surface area (TPSA) is 52.6 Å². The molecule has 0 heterocycles. The molecule has 0 aliphatic rings. The van der Waals surface area contributed by atoms with Gasteiger partial charge in [0.1, 0.15) is 11.6 Å². The molecular formula is C18H20BrFN2O2. The normalized spacial score (nSPS) is 10.5. The monoisotopic (exact) mass is 394 g/mol. The summed E-state index contributed by atoms with van der Waals surface area (Å²) in [6.07, 6.45) is 0.626. The summed E-state index contributed by atoms with van der Waals surface area (Å²) in [4.78, 5) is 13.9. The summed E-state index contributed by atoms with van der Waals surface area (Å²) in [6.45, 7) is 3.44. The number of phenolic OH excluding ortho intramolecular Hbond substituents is 1. The quantitative estimate of drug-likeness (QED) is 0.775. The molecule has 0 aromatic heterocycles. The van der Waals surface area contributed by atoms with E-state index in [2.05, 4.69) is 21.2 Å². The lowest BCUT2D eigenvalue weighted by atomic mass is 10.1. The van der Waals surface area contributed by atoms with Crippen molar-refractivity contribution in [2.45, 2.75) is 19.9 Å². The summed E-state index contributed by atoms with van der Waals surface area (Å²) in [7, 11) is 0. The molecule has 0 aliphatic carbocycles. The van der Waals surface area contributed by atoms with Crippen LogP contribution < -0.4 is 5.32 Å². The first kappa shape index (κ1) is 18.3. The molecule has 4 nitrogen and oxygen atoms in total. The molecule has 2 amide bonds.